The van der Waals surface area contributed by atoms with E-state index in [0.717, 1.165) is 17.1 Å². The van der Waals surface area contributed by atoms with Gasteiger partial charge in [0.2, 0.25) is 0 Å². The molecule has 0 radical (unpaired) electrons. The van der Waals surface area contributed by atoms with E-state index in [1.807, 2.05) is 71.0 Å². The average Bonchev–Trinajstić information content (AvgIpc) is 2.60. The summed E-state index contributed by atoms with van der Waals surface area (Å²) in [5.41, 5.74) is 3.40. The molecule has 2 aromatic rings. The fourth-order valence-corrected chi connectivity index (χ4v) is 2.64. The monoisotopic (exact) mass is 355 g/mol. The van der Waals surface area contributed by atoms with Gasteiger partial charge >= 0.3 is 0 Å². The molecule has 0 fully saturated rings. The Labute approximate surface area is 156 Å². The summed E-state index contributed by atoms with van der Waals surface area (Å²) < 4.78 is 11.7. The van der Waals surface area contributed by atoms with Crippen molar-refractivity contribution in [3.8, 4) is 11.5 Å². The van der Waals surface area contributed by atoms with E-state index in [9.17, 15) is 4.79 Å². The van der Waals surface area contributed by atoms with Gasteiger partial charge in [-0.2, -0.15) is 0 Å². The molecule has 0 saturated carbocycles. The van der Waals surface area contributed by atoms with E-state index in [2.05, 4.69) is 11.4 Å². The quantitative estimate of drug-likeness (QED) is 0.766. The molecule has 140 valence electrons. The normalized spacial score (nSPS) is 13.0. The standard InChI is InChI=1S/C22H29NO3/c1-6-20(26-21-12-9-16(3)13-17(21)4)22(24)23-18(5)14-25-19-10-7-15(2)8-11-19/h7-13,18,20H,6,14H2,1-5H3,(H,23,24)/t18-,20+/m0/s1. The Morgan fingerprint density at radius 2 is 1.69 bits per heavy atom. The molecular weight excluding hydrogens is 326 g/mol. The van der Waals surface area contributed by atoms with Crippen LogP contribution in [-0.4, -0.2) is 24.7 Å². The molecule has 4 nitrogen and oxygen atoms in total. The first-order chi connectivity index (χ1) is 12.4. The van der Waals surface area contributed by atoms with Gasteiger partial charge in [-0.25, -0.2) is 0 Å². The van der Waals surface area contributed by atoms with Crippen molar-refractivity contribution in [2.45, 2.75) is 53.2 Å². The van der Waals surface area contributed by atoms with Crippen LogP contribution in [0, 0.1) is 20.8 Å². The second-order valence-corrected chi connectivity index (χ2v) is 6.82. The highest BCUT2D eigenvalue weighted by atomic mass is 16.5. The summed E-state index contributed by atoms with van der Waals surface area (Å²) in [7, 11) is 0. The number of amides is 1. The summed E-state index contributed by atoms with van der Waals surface area (Å²) in [6, 6.07) is 13.7. The van der Waals surface area contributed by atoms with E-state index in [1.165, 1.54) is 11.1 Å². The molecule has 4 heteroatoms. The summed E-state index contributed by atoms with van der Waals surface area (Å²) in [6.45, 7) is 10.3. The Balaban J connectivity index is 1.87. The van der Waals surface area contributed by atoms with Crippen molar-refractivity contribution in [3.63, 3.8) is 0 Å². The van der Waals surface area contributed by atoms with Crippen LogP contribution >= 0.6 is 0 Å². The van der Waals surface area contributed by atoms with Crippen molar-refractivity contribution in [1.29, 1.82) is 0 Å². The van der Waals surface area contributed by atoms with Gasteiger partial charge in [-0.15, -0.1) is 0 Å². The highest BCUT2D eigenvalue weighted by Crippen LogP contribution is 2.21. The smallest absolute Gasteiger partial charge is 0.261 e. The molecule has 1 N–H and O–H groups in total. The molecule has 0 saturated heterocycles. The van der Waals surface area contributed by atoms with Crippen molar-refractivity contribution in [2.75, 3.05) is 6.61 Å². The van der Waals surface area contributed by atoms with Crippen LogP contribution in [0.25, 0.3) is 0 Å². The molecular formula is C22H29NO3. The first-order valence-corrected chi connectivity index (χ1v) is 9.12. The number of rotatable bonds is 8. The molecule has 0 spiro atoms. The predicted octanol–water partition coefficient (Wildman–Crippen LogP) is 4.35. The SMILES string of the molecule is CC[C@@H](Oc1ccc(C)cc1C)C(=O)N[C@@H](C)COc1ccc(C)cc1. The van der Waals surface area contributed by atoms with Gasteiger partial charge in [0.1, 0.15) is 18.1 Å². The summed E-state index contributed by atoms with van der Waals surface area (Å²) in [6.07, 6.45) is 0.0863. The molecule has 2 aromatic carbocycles. The topological polar surface area (TPSA) is 47.6 Å². The van der Waals surface area contributed by atoms with Crippen LogP contribution < -0.4 is 14.8 Å². The van der Waals surface area contributed by atoms with E-state index in [4.69, 9.17) is 9.47 Å². The van der Waals surface area contributed by atoms with Crippen LogP contribution in [-0.2, 0) is 4.79 Å². The van der Waals surface area contributed by atoms with Gasteiger partial charge in [0, 0.05) is 0 Å². The third-order valence-corrected chi connectivity index (χ3v) is 4.17. The lowest BCUT2D eigenvalue weighted by molar-refractivity contribution is -0.129. The second-order valence-electron chi connectivity index (χ2n) is 6.82. The van der Waals surface area contributed by atoms with Gasteiger partial charge in [-0.05, 0) is 57.9 Å². The molecule has 2 rings (SSSR count). The highest BCUT2D eigenvalue weighted by Gasteiger charge is 2.21. The Morgan fingerprint density at radius 1 is 1.04 bits per heavy atom. The lowest BCUT2D eigenvalue weighted by Gasteiger charge is -2.21. The number of ether oxygens (including phenoxy) is 2. The number of hydrogen-bond donors (Lipinski definition) is 1. The van der Waals surface area contributed by atoms with Crippen LogP contribution in [0.3, 0.4) is 0 Å². The van der Waals surface area contributed by atoms with Crippen molar-refractivity contribution in [2.24, 2.45) is 0 Å². The molecule has 0 aromatic heterocycles. The van der Waals surface area contributed by atoms with Crippen molar-refractivity contribution in [3.05, 3.63) is 59.2 Å². The van der Waals surface area contributed by atoms with Crippen molar-refractivity contribution in [1.82, 2.24) is 5.32 Å². The van der Waals surface area contributed by atoms with Crippen LogP contribution in [0.15, 0.2) is 42.5 Å². The first-order valence-electron chi connectivity index (χ1n) is 9.12. The number of carbonyl (C=O) groups is 1. The maximum Gasteiger partial charge on any atom is 0.261 e. The zero-order valence-corrected chi connectivity index (χ0v) is 16.3. The Bertz CT molecular complexity index is 725. The lowest BCUT2D eigenvalue weighted by Crippen LogP contribution is -2.44. The highest BCUT2D eigenvalue weighted by molar-refractivity contribution is 5.81. The van der Waals surface area contributed by atoms with E-state index in [1.54, 1.807) is 0 Å². The number of benzene rings is 2. The zero-order chi connectivity index (χ0) is 19.1. The fourth-order valence-electron chi connectivity index (χ4n) is 2.64. The third kappa shape index (κ3) is 5.80. The minimum absolute atomic E-state index is 0.111. The largest absolute Gasteiger partial charge is 0.491 e. The van der Waals surface area contributed by atoms with Gasteiger partial charge in [0.15, 0.2) is 6.10 Å². The van der Waals surface area contributed by atoms with Gasteiger partial charge in [0.05, 0.1) is 6.04 Å². The number of hydrogen-bond acceptors (Lipinski definition) is 3. The minimum atomic E-state index is -0.516. The maximum atomic E-state index is 12.5. The molecule has 0 heterocycles. The van der Waals surface area contributed by atoms with Crippen LogP contribution in [0.5, 0.6) is 11.5 Å². The molecule has 0 aliphatic heterocycles. The summed E-state index contributed by atoms with van der Waals surface area (Å²) in [5.74, 6) is 1.43. The van der Waals surface area contributed by atoms with Crippen molar-refractivity contribution < 1.29 is 14.3 Å². The van der Waals surface area contributed by atoms with Gasteiger partial charge < -0.3 is 14.8 Å². The molecule has 0 bridgehead atoms. The number of carbonyl (C=O) groups excluding carboxylic acids is 1. The molecule has 0 aliphatic carbocycles. The Hall–Kier alpha value is -2.49. The molecule has 0 aliphatic rings. The fraction of sp³-hybridized carbons (Fsp3) is 0.409. The third-order valence-electron chi connectivity index (χ3n) is 4.17. The summed E-state index contributed by atoms with van der Waals surface area (Å²) in [4.78, 5) is 12.5. The minimum Gasteiger partial charge on any atom is -0.491 e. The predicted molar refractivity (Wildman–Crippen MR) is 105 cm³/mol. The van der Waals surface area contributed by atoms with Gasteiger partial charge in [-0.3, -0.25) is 4.79 Å². The van der Waals surface area contributed by atoms with E-state index in [0.29, 0.717) is 13.0 Å². The summed E-state index contributed by atoms with van der Waals surface area (Å²) >= 11 is 0. The molecule has 26 heavy (non-hydrogen) atoms. The summed E-state index contributed by atoms with van der Waals surface area (Å²) in [5, 5.41) is 2.97. The lowest BCUT2D eigenvalue weighted by atomic mass is 10.1. The first kappa shape index (κ1) is 19.8. The van der Waals surface area contributed by atoms with Crippen LogP contribution in [0.4, 0.5) is 0 Å². The second kappa shape index (κ2) is 9.27. The number of nitrogens with one attached hydrogen (secondary N) is 1. The molecule has 1 amide bonds. The van der Waals surface area contributed by atoms with Gasteiger partial charge in [0.25, 0.3) is 5.91 Å². The van der Waals surface area contributed by atoms with E-state index in [-0.39, 0.29) is 11.9 Å². The van der Waals surface area contributed by atoms with Crippen LogP contribution in [0.1, 0.15) is 37.0 Å². The van der Waals surface area contributed by atoms with Gasteiger partial charge in [-0.1, -0.05) is 42.3 Å². The average molecular weight is 355 g/mol. The maximum absolute atomic E-state index is 12.5. The Kier molecular flexibility index (Phi) is 7.07. The van der Waals surface area contributed by atoms with E-state index >= 15 is 0 Å². The van der Waals surface area contributed by atoms with Crippen molar-refractivity contribution >= 4 is 5.91 Å². The zero-order valence-electron chi connectivity index (χ0n) is 16.3. The Morgan fingerprint density at radius 3 is 2.31 bits per heavy atom. The molecule has 2 atom stereocenters. The van der Waals surface area contributed by atoms with Crippen LogP contribution in [0.2, 0.25) is 0 Å². The molecule has 0 unspecified atom stereocenters. The van der Waals surface area contributed by atoms with E-state index < -0.39 is 6.10 Å². The number of aryl methyl sites for hydroxylation is 3.